The maximum atomic E-state index is 8.00. The van der Waals surface area contributed by atoms with E-state index in [2.05, 4.69) is 24.3 Å². The Morgan fingerprint density at radius 1 is 0.769 bits per heavy atom. The molecule has 2 nitrogen and oxygen atoms in total. The third-order valence-corrected chi connectivity index (χ3v) is 1.37. The van der Waals surface area contributed by atoms with Crippen LogP contribution >= 0.6 is 0 Å². The number of allylic oxidation sites excluding steroid dienone is 4. The second-order valence-electron chi connectivity index (χ2n) is 2.14. The smallest absolute Gasteiger partial charge is 0.106 e. The molecule has 0 unspecified atom stereocenters. The van der Waals surface area contributed by atoms with Crippen LogP contribution in [0.5, 0.6) is 0 Å². The second-order valence-corrected chi connectivity index (χ2v) is 2.14. The van der Waals surface area contributed by atoms with Gasteiger partial charge in [-0.25, -0.2) is 0 Å². The fourth-order valence-corrected chi connectivity index (χ4v) is 0.874. The van der Waals surface area contributed by atoms with Gasteiger partial charge in [0.15, 0.2) is 0 Å². The summed E-state index contributed by atoms with van der Waals surface area (Å²) in [4.78, 5) is 16.0. The summed E-state index contributed by atoms with van der Waals surface area (Å²) in [6.07, 6.45) is 14.0. The standard InChI is InChI=1S/C8H12.2CH2O.Co/c1-2-4-6-8-7-5-3-1;2*1-2;/h1-4H,5-8H2;2*1H2;. The van der Waals surface area contributed by atoms with Crippen LogP contribution in [-0.4, -0.2) is 13.6 Å². The molecule has 0 amide bonds. The fourth-order valence-electron chi connectivity index (χ4n) is 0.874. The average Bonchev–Trinajstić information content (AvgIpc) is 2.10. The molecule has 0 saturated carbocycles. The molecule has 0 fully saturated rings. The van der Waals surface area contributed by atoms with E-state index >= 15 is 0 Å². The molecule has 0 atom stereocenters. The predicted octanol–water partition coefficient (Wildman–Crippen LogP) is 2.30. The van der Waals surface area contributed by atoms with E-state index in [1.165, 1.54) is 25.7 Å². The molecule has 0 N–H and O–H groups in total. The van der Waals surface area contributed by atoms with Crippen LogP contribution in [0.4, 0.5) is 0 Å². The minimum atomic E-state index is 0. The van der Waals surface area contributed by atoms with Gasteiger partial charge in [-0.15, -0.1) is 0 Å². The summed E-state index contributed by atoms with van der Waals surface area (Å²) in [6, 6.07) is 0. The summed E-state index contributed by atoms with van der Waals surface area (Å²) in [7, 11) is 0. The molecule has 0 aromatic heterocycles. The van der Waals surface area contributed by atoms with Gasteiger partial charge in [-0.1, -0.05) is 24.3 Å². The molecule has 0 spiro atoms. The summed E-state index contributed by atoms with van der Waals surface area (Å²) >= 11 is 0. The second kappa shape index (κ2) is 22.5. The Bertz CT molecular complexity index is 117. The van der Waals surface area contributed by atoms with Crippen molar-refractivity contribution in [2.75, 3.05) is 0 Å². The van der Waals surface area contributed by atoms with Crippen molar-refractivity contribution in [1.82, 2.24) is 0 Å². The van der Waals surface area contributed by atoms with Crippen molar-refractivity contribution < 1.29 is 26.4 Å². The van der Waals surface area contributed by atoms with Gasteiger partial charge in [0.2, 0.25) is 0 Å². The van der Waals surface area contributed by atoms with Crippen molar-refractivity contribution in [3.63, 3.8) is 0 Å². The fraction of sp³-hybridized carbons (Fsp3) is 0.400. The third kappa shape index (κ3) is 18.4. The maximum Gasteiger partial charge on any atom is 0.106 e. The minimum Gasteiger partial charge on any atom is -0.307 e. The number of carbonyl (C=O) groups is 2. The summed E-state index contributed by atoms with van der Waals surface area (Å²) < 4.78 is 0. The van der Waals surface area contributed by atoms with E-state index in [9.17, 15) is 0 Å². The van der Waals surface area contributed by atoms with Crippen LogP contribution in [-0.2, 0) is 26.4 Å². The van der Waals surface area contributed by atoms with Crippen LogP contribution < -0.4 is 0 Å². The molecular weight excluding hydrogens is 211 g/mol. The van der Waals surface area contributed by atoms with Gasteiger partial charge in [-0.05, 0) is 25.7 Å². The normalized spacial score (nSPS) is 12.9. The van der Waals surface area contributed by atoms with Crippen molar-refractivity contribution in [3.05, 3.63) is 24.3 Å². The van der Waals surface area contributed by atoms with E-state index < -0.39 is 0 Å². The first-order chi connectivity index (χ1) is 6.00. The molecule has 1 aliphatic rings. The molecule has 0 bridgehead atoms. The van der Waals surface area contributed by atoms with Gasteiger partial charge in [0.1, 0.15) is 13.6 Å². The van der Waals surface area contributed by atoms with Crippen molar-refractivity contribution >= 4 is 13.6 Å². The molecule has 0 heterocycles. The Labute approximate surface area is 90.3 Å². The Morgan fingerprint density at radius 2 is 1.08 bits per heavy atom. The van der Waals surface area contributed by atoms with E-state index in [-0.39, 0.29) is 16.8 Å². The summed E-state index contributed by atoms with van der Waals surface area (Å²) in [5, 5.41) is 0. The zero-order valence-electron chi connectivity index (χ0n) is 7.70. The first-order valence-corrected chi connectivity index (χ1v) is 3.89. The van der Waals surface area contributed by atoms with Crippen LogP contribution in [0.3, 0.4) is 0 Å². The Hall–Kier alpha value is -0.674. The number of hydrogen-bond donors (Lipinski definition) is 0. The summed E-state index contributed by atoms with van der Waals surface area (Å²) in [6.45, 7) is 4.00. The van der Waals surface area contributed by atoms with E-state index in [0.29, 0.717) is 0 Å². The maximum absolute atomic E-state index is 8.00. The van der Waals surface area contributed by atoms with Crippen LogP contribution in [0.2, 0.25) is 0 Å². The number of hydrogen-bond acceptors (Lipinski definition) is 2. The first-order valence-electron chi connectivity index (χ1n) is 3.89. The van der Waals surface area contributed by atoms with E-state index in [1.54, 1.807) is 0 Å². The molecule has 0 aromatic rings. The summed E-state index contributed by atoms with van der Waals surface area (Å²) in [5.41, 5.74) is 0. The molecule has 3 heteroatoms. The monoisotopic (exact) mass is 227 g/mol. The summed E-state index contributed by atoms with van der Waals surface area (Å²) in [5.74, 6) is 0. The van der Waals surface area contributed by atoms with Crippen LogP contribution in [0.15, 0.2) is 24.3 Å². The van der Waals surface area contributed by atoms with Crippen molar-refractivity contribution in [1.29, 1.82) is 0 Å². The first kappa shape index (κ1) is 18.2. The van der Waals surface area contributed by atoms with Gasteiger partial charge in [-0.2, -0.15) is 0 Å². The number of carbonyl (C=O) groups excluding carboxylic acids is 2. The van der Waals surface area contributed by atoms with Crippen molar-refractivity contribution in [2.45, 2.75) is 25.7 Å². The van der Waals surface area contributed by atoms with Gasteiger partial charge in [0.05, 0.1) is 0 Å². The molecule has 0 aliphatic heterocycles. The van der Waals surface area contributed by atoms with Gasteiger partial charge < -0.3 is 9.59 Å². The van der Waals surface area contributed by atoms with Crippen LogP contribution in [0.25, 0.3) is 0 Å². The average molecular weight is 227 g/mol. The topological polar surface area (TPSA) is 34.1 Å². The van der Waals surface area contributed by atoms with E-state index in [1.807, 2.05) is 13.6 Å². The molecule has 77 valence electrons. The third-order valence-electron chi connectivity index (χ3n) is 1.37. The van der Waals surface area contributed by atoms with E-state index in [0.717, 1.165) is 0 Å². The van der Waals surface area contributed by atoms with Crippen LogP contribution in [0, 0.1) is 0 Å². The molecular formula is C10H16CoO2. The predicted molar refractivity (Wildman–Crippen MR) is 51.0 cm³/mol. The van der Waals surface area contributed by atoms with Gasteiger partial charge in [0.25, 0.3) is 0 Å². The molecule has 1 radical (unpaired) electrons. The zero-order chi connectivity index (χ0) is 9.66. The molecule has 1 rings (SSSR count). The number of rotatable bonds is 0. The van der Waals surface area contributed by atoms with Crippen molar-refractivity contribution in [2.24, 2.45) is 0 Å². The molecule has 1 aliphatic carbocycles. The SMILES string of the molecule is C1=CCCCCC=C1.C=O.C=O.[Co]. The van der Waals surface area contributed by atoms with Gasteiger partial charge >= 0.3 is 0 Å². The minimum absolute atomic E-state index is 0. The Balaban J connectivity index is -0.000000178. The van der Waals surface area contributed by atoms with Gasteiger partial charge in [-0.3, -0.25) is 0 Å². The zero-order valence-corrected chi connectivity index (χ0v) is 8.74. The molecule has 0 saturated heterocycles. The molecule has 0 aromatic carbocycles. The van der Waals surface area contributed by atoms with Gasteiger partial charge in [0, 0.05) is 16.8 Å². The largest absolute Gasteiger partial charge is 0.307 e. The molecule has 13 heavy (non-hydrogen) atoms. The Morgan fingerprint density at radius 3 is 1.38 bits per heavy atom. The van der Waals surface area contributed by atoms with Crippen molar-refractivity contribution in [3.8, 4) is 0 Å². The van der Waals surface area contributed by atoms with Crippen LogP contribution in [0.1, 0.15) is 25.7 Å². The quantitative estimate of drug-likeness (QED) is 0.636. The van der Waals surface area contributed by atoms with E-state index in [4.69, 9.17) is 9.59 Å². The Kier molecular flexibility index (Phi) is 31.5.